The Kier molecular flexibility index (Phi) is 12.1. The molecule has 4 unspecified atom stereocenters. The number of nitrogens with one attached hydrogen (secondary N) is 4. The van der Waals surface area contributed by atoms with Crippen molar-refractivity contribution in [2.24, 2.45) is 17.4 Å². The molecule has 2 rings (SSSR count). The third-order valence-electron chi connectivity index (χ3n) is 5.89. The number of amides is 4. The first-order valence-electron chi connectivity index (χ1n) is 12.6. The van der Waals surface area contributed by atoms with Crippen molar-refractivity contribution in [1.29, 1.82) is 0 Å². The van der Waals surface area contributed by atoms with Gasteiger partial charge in [0.2, 0.25) is 23.6 Å². The fraction of sp³-hybridized carbons (Fsp3) is 0.462. The highest BCUT2D eigenvalue weighted by molar-refractivity contribution is 5.94. The molecule has 9 N–H and O–H groups in total. The molecule has 4 atom stereocenters. The number of carbonyl (C=O) groups excluding carboxylic acids is 4. The largest absolute Gasteiger partial charge is 0.480 e. The number of hydrogen-bond donors (Lipinski definition) is 7. The monoisotopic (exact) mass is 543 g/mol. The smallest absolute Gasteiger partial charge is 0.326 e. The van der Waals surface area contributed by atoms with Crippen LogP contribution in [0.15, 0.2) is 42.9 Å². The van der Waals surface area contributed by atoms with E-state index in [1.54, 1.807) is 30.3 Å². The van der Waals surface area contributed by atoms with Gasteiger partial charge in [0.25, 0.3) is 0 Å². The van der Waals surface area contributed by atoms with Crippen molar-refractivity contribution in [2.75, 3.05) is 0 Å². The first-order valence-corrected chi connectivity index (χ1v) is 12.6. The molecule has 0 saturated carbocycles. The van der Waals surface area contributed by atoms with Gasteiger partial charge in [0.15, 0.2) is 0 Å². The van der Waals surface area contributed by atoms with Crippen LogP contribution in [0.2, 0.25) is 0 Å². The first kappa shape index (κ1) is 31.0. The molecule has 1 heterocycles. The number of imidazole rings is 1. The zero-order valence-electron chi connectivity index (χ0n) is 22.1. The number of carboxylic acid groups (broad SMARTS) is 1. The average molecular weight is 544 g/mol. The third-order valence-corrected chi connectivity index (χ3v) is 5.89. The highest BCUT2D eigenvalue weighted by atomic mass is 16.4. The van der Waals surface area contributed by atoms with Gasteiger partial charge in [-0.2, -0.15) is 0 Å². The predicted molar refractivity (Wildman–Crippen MR) is 142 cm³/mol. The molecule has 4 amide bonds. The van der Waals surface area contributed by atoms with E-state index in [4.69, 9.17) is 11.5 Å². The molecule has 39 heavy (non-hydrogen) atoms. The average Bonchev–Trinajstić information content (AvgIpc) is 3.39. The Bertz CT molecular complexity index is 1110. The van der Waals surface area contributed by atoms with Crippen molar-refractivity contribution in [1.82, 2.24) is 25.9 Å². The van der Waals surface area contributed by atoms with Gasteiger partial charge >= 0.3 is 5.97 Å². The summed E-state index contributed by atoms with van der Waals surface area (Å²) in [6.45, 7) is 3.71. The van der Waals surface area contributed by atoms with Crippen molar-refractivity contribution in [3.05, 3.63) is 54.1 Å². The summed E-state index contributed by atoms with van der Waals surface area (Å²) in [5.74, 6) is -3.84. The molecule has 2 aromatic rings. The Balaban J connectivity index is 2.18. The van der Waals surface area contributed by atoms with Gasteiger partial charge in [-0.05, 0) is 24.3 Å². The molecule has 0 bridgehead atoms. The topological polar surface area (TPSA) is 222 Å². The number of aromatic nitrogens is 2. The summed E-state index contributed by atoms with van der Waals surface area (Å²) in [6, 6.07) is 4.32. The van der Waals surface area contributed by atoms with Gasteiger partial charge in [0.05, 0.1) is 12.4 Å². The molecule has 0 radical (unpaired) electrons. The molecule has 1 aromatic carbocycles. The van der Waals surface area contributed by atoms with Crippen LogP contribution in [0.1, 0.15) is 44.4 Å². The molecule has 13 heteroatoms. The molecule has 212 valence electrons. The lowest BCUT2D eigenvalue weighted by Crippen LogP contribution is -2.58. The van der Waals surface area contributed by atoms with Crippen molar-refractivity contribution >= 4 is 29.6 Å². The van der Waals surface area contributed by atoms with E-state index in [0.717, 1.165) is 0 Å². The van der Waals surface area contributed by atoms with E-state index >= 15 is 0 Å². The van der Waals surface area contributed by atoms with Gasteiger partial charge in [-0.1, -0.05) is 44.2 Å². The van der Waals surface area contributed by atoms with Crippen LogP contribution in [0.25, 0.3) is 0 Å². The number of primary amides is 1. The summed E-state index contributed by atoms with van der Waals surface area (Å²) in [5, 5.41) is 17.5. The second-order valence-electron chi connectivity index (χ2n) is 9.73. The summed E-state index contributed by atoms with van der Waals surface area (Å²) in [5.41, 5.74) is 12.2. The number of aromatic amines is 1. The Hall–Kier alpha value is -4.26. The highest BCUT2D eigenvalue weighted by Gasteiger charge is 2.31. The minimum Gasteiger partial charge on any atom is -0.480 e. The maximum Gasteiger partial charge on any atom is 0.326 e. The molecule has 1 aromatic heterocycles. The van der Waals surface area contributed by atoms with Gasteiger partial charge in [0, 0.05) is 31.2 Å². The minimum atomic E-state index is -1.24. The second-order valence-corrected chi connectivity index (χ2v) is 9.73. The molecular formula is C26H37N7O6. The summed E-state index contributed by atoms with van der Waals surface area (Å²) < 4.78 is 0. The van der Waals surface area contributed by atoms with Gasteiger partial charge < -0.3 is 37.5 Å². The Morgan fingerprint density at radius 1 is 0.923 bits per heavy atom. The lowest BCUT2D eigenvalue weighted by Gasteiger charge is -2.26. The quantitative estimate of drug-likeness (QED) is 0.144. The molecule has 13 nitrogen and oxygen atoms in total. The molecule has 0 spiro atoms. The van der Waals surface area contributed by atoms with Gasteiger partial charge in [0.1, 0.15) is 18.1 Å². The Morgan fingerprint density at radius 3 is 2.10 bits per heavy atom. The second kappa shape index (κ2) is 15.2. The number of aliphatic carboxylic acids is 1. The van der Waals surface area contributed by atoms with E-state index in [1.807, 2.05) is 13.8 Å². The van der Waals surface area contributed by atoms with E-state index < -0.39 is 53.8 Å². The number of rotatable bonds is 16. The standard InChI is InChI=1S/C26H37N7O6/c1-15(2)10-19(31-23(35)18(27)8-9-22(28)34)24(36)32-20(12-17-13-29-14-30-17)25(37)33-21(26(38)39)11-16-6-4-3-5-7-16/h3-7,13-15,18-21H,8-12,27H2,1-2H3,(H2,28,34)(H,29,30)(H,31,35)(H,32,36)(H,33,37)(H,38,39). The van der Waals surface area contributed by atoms with Crippen LogP contribution < -0.4 is 27.4 Å². The van der Waals surface area contributed by atoms with Crippen molar-refractivity contribution < 1.29 is 29.1 Å². The van der Waals surface area contributed by atoms with Crippen LogP contribution in [0, 0.1) is 5.92 Å². The van der Waals surface area contributed by atoms with Crippen molar-refractivity contribution in [2.45, 2.75) is 70.1 Å². The zero-order valence-corrected chi connectivity index (χ0v) is 22.1. The predicted octanol–water partition coefficient (Wildman–Crippen LogP) is -0.627. The molecule has 0 aliphatic rings. The maximum atomic E-state index is 13.3. The van der Waals surface area contributed by atoms with E-state index in [0.29, 0.717) is 11.3 Å². The number of hydrogen-bond acceptors (Lipinski definition) is 7. The first-order chi connectivity index (χ1) is 18.5. The Morgan fingerprint density at radius 2 is 1.54 bits per heavy atom. The fourth-order valence-corrected chi connectivity index (χ4v) is 3.83. The lowest BCUT2D eigenvalue weighted by atomic mass is 10.0. The van der Waals surface area contributed by atoms with E-state index in [2.05, 4.69) is 25.9 Å². The lowest BCUT2D eigenvalue weighted by molar-refractivity contribution is -0.142. The zero-order chi connectivity index (χ0) is 28.9. The van der Waals surface area contributed by atoms with E-state index in [1.165, 1.54) is 12.5 Å². The van der Waals surface area contributed by atoms with E-state index in [-0.39, 0.29) is 38.0 Å². The summed E-state index contributed by atoms with van der Waals surface area (Å²) >= 11 is 0. The van der Waals surface area contributed by atoms with Crippen LogP contribution in [0.3, 0.4) is 0 Å². The third kappa shape index (κ3) is 10.9. The summed E-state index contributed by atoms with van der Waals surface area (Å²) in [6.07, 6.45) is 3.10. The SMILES string of the molecule is CC(C)CC(NC(=O)C(N)CCC(N)=O)C(=O)NC(Cc1cnc[nH]1)C(=O)NC(Cc1ccccc1)C(=O)O. The number of carboxylic acids is 1. The van der Waals surface area contributed by atoms with Crippen LogP contribution in [-0.4, -0.2) is 68.8 Å². The molecule has 0 aliphatic heterocycles. The van der Waals surface area contributed by atoms with Crippen LogP contribution in [0.4, 0.5) is 0 Å². The summed E-state index contributed by atoms with van der Waals surface area (Å²) in [4.78, 5) is 68.9. The normalized spacial score (nSPS) is 14.1. The number of carbonyl (C=O) groups is 5. The molecule has 0 aliphatic carbocycles. The van der Waals surface area contributed by atoms with Gasteiger partial charge in [-0.25, -0.2) is 9.78 Å². The maximum absolute atomic E-state index is 13.3. The highest BCUT2D eigenvalue weighted by Crippen LogP contribution is 2.09. The number of benzene rings is 1. The number of H-pyrrole nitrogens is 1. The molecular weight excluding hydrogens is 506 g/mol. The van der Waals surface area contributed by atoms with Crippen molar-refractivity contribution in [3.63, 3.8) is 0 Å². The van der Waals surface area contributed by atoms with Crippen LogP contribution >= 0.6 is 0 Å². The van der Waals surface area contributed by atoms with Gasteiger partial charge in [-0.3, -0.25) is 19.2 Å². The fourth-order valence-electron chi connectivity index (χ4n) is 3.83. The minimum absolute atomic E-state index is 0.00425. The summed E-state index contributed by atoms with van der Waals surface area (Å²) in [7, 11) is 0. The van der Waals surface area contributed by atoms with Crippen LogP contribution in [-0.2, 0) is 36.8 Å². The number of nitrogens with zero attached hydrogens (tertiary/aromatic N) is 1. The molecule has 0 fully saturated rings. The van der Waals surface area contributed by atoms with E-state index in [9.17, 15) is 29.1 Å². The molecule has 0 saturated heterocycles. The van der Waals surface area contributed by atoms with Crippen LogP contribution in [0.5, 0.6) is 0 Å². The van der Waals surface area contributed by atoms with Gasteiger partial charge in [-0.15, -0.1) is 0 Å². The Labute approximate surface area is 226 Å². The van der Waals surface area contributed by atoms with Crippen molar-refractivity contribution in [3.8, 4) is 0 Å². The number of nitrogens with two attached hydrogens (primary N) is 2.